The third kappa shape index (κ3) is 5.09. The van der Waals surface area contributed by atoms with Crippen LogP contribution < -0.4 is 19.7 Å². The molecule has 2 aromatic rings. The van der Waals surface area contributed by atoms with Gasteiger partial charge in [0.15, 0.2) is 17.2 Å². The van der Waals surface area contributed by atoms with E-state index in [-0.39, 0.29) is 6.10 Å². The van der Waals surface area contributed by atoms with Gasteiger partial charge < -0.3 is 19.7 Å². The molecule has 2 heterocycles. The zero-order chi connectivity index (χ0) is 18.3. The lowest BCUT2D eigenvalue weighted by Crippen LogP contribution is -2.38. The second-order valence-corrected chi connectivity index (χ2v) is 7.85. The van der Waals surface area contributed by atoms with Crippen LogP contribution in [-0.2, 0) is 11.3 Å². The number of fused-ring (bicyclic) bond motifs is 2. The fourth-order valence-corrected chi connectivity index (χ4v) is 4.03. The molecule has 1 N–H and O–H groups in total. The van der Waals surface area contributed by atoms with E-state index in [1.165, 1.54) is 10.5 Å². The van der Waals surface area contributed by atoms with Crippen LogP contribution in [0, 0.1) is 0 Å². The lowest BCUT2D eigenvalue weighted by atomic mass is 10.1. The fraction of sp³-hybridized carbons (Fsp3) is 0.429. The topological polar surface area (TPSA) is 49.0 Å². The molecule has 27 heavy (non-hydrogen) atoms. The minimum Gasteiger partial charge on any atom is -0.486 e. The highest BCUT2D eigenvalue weighted by atomic mass is 32.2. The first-order valence-corrected chi connectivity index (χ1v) is 10.5. The molecule has 0 spiro atoms. The van der Waals surface area contributed by atoms with Crippen molar-refractivity contribution in [2.75, 3.05) is 32.1 Å². The van der Waals surface area contributed by atoms with Crippen LogP contribution in [0.4, 0.5) is 0 Å². The molecule has 5 nitrogen and oxygen atoms in total. The molecule has 0 fully saturated rings. The largest absolute Gasteiger partial charge is 0.486 e. The maximum absolute atomic E-state index is 5.95. The quantitative estimate of drug-likeness (QED) is 0.442. The Labute approximate surface area is 164 Å². The Hall–Kier alpha value is -1.89. The van der Waals surface area contributed by atoms with E-state index in [0.717, 1.165) is 55.4 Å². The van der Waals surface area contributed by atoms with E-state index in [1.807, 2.05) is 36.0 Å². The standard InChI is InChI=1S/C21H25NO4S/c1-2-7-20-19(6-1)23-15-17(25-20)14-22-10-4-12-27-18-9-8-16-5-3-11-24-26-21(16)13-18/h1-2,6-9,13,17,22H,3-5,10-12,14-15H2. The highest BCUT2D eigenvalue weighted by Gasteiger charge is 2.19. The summed E-state index contributed by atoms with van der Waals surface area (Å²) >= 11 is 1.85. The Morgan fingerprint density at radius 1 is 1.07 bits per heavy atom. The molecule has 0 amide bonds. The first-order valence-electron chi connectivity index (χ1n) is 9.53. The summed E-state index contributed by atoms with van der Waals surface area (Å²) in [6, 6.07) is 14.2. The van der Waals surface area contributed by atoms with Crippen molar-refractivity contribution in [3.8, 4) is 17.2 Å². The molecule has 1 unspecified atom stereocenters. The second kappa shape index (κ2) is 9.35. The van der Waals surface area contributed by atoms with Crippen molar-refractivity contribution in [2.45, 2.75) is 30.3 Å². The van der Waals surface area contributed by atoms with Crippen LogP contribution in [0.1, 0.15) is 18.4 Å². The Bertz CT molecular complexity index is 755. The molecule has 1 atom stereocenters. The first kappa shape index (κ1) is 18.5. The van der Waals surface area contributed by atoms with Crippen LogP contribution >= 0.6 is 11.8 Å². The molecule has 144 valence electrons. The monoisotopic (exact) mass is 387 g/mol. The zero-order valence-electron chi connectivity index (χ0n) is 15.3. The smallest absolute Gasteiger partial charge is 0.169 e. The van der Waals surface area contributed by atoms with E-state index in [1.54, 1.807) is 0 Å². The van der Waals surface area contributed by atoms with E-state index in [0.29, 0.717) is 13.2 Å². The highest BCUT2D eigenvalue weighted by Crippen LogP contribution is 2.31. The number of ether oxygens (including phenoxy) is 2. The van der Waals surface area contributed by atoms with Gasteiger partial charge in [0.2, 0.25) is 0 Å². The SMILES string of the molecule is c1ccc2c(c1)OCC(CNCCCSc1ccc3c(c1)OOCCC3)O2. The molecule has 0 radical (unpaired) electrons. The lowest BCUT2D eigenvalue weighted by Gasteiger charge is -2.26. The van der Waals surface area contributed by atoms with Crippen LogP contribution in [0.25, 0.3) is 0 Å². The van der Waals surface area contributed by atoms with Crippen molar-refractivity contribution in [1.29, 1.82) is 0 Å². The van der Waals surface area contributed by atoms with Gasteiger partial charge in [0.05, 0.1) is 6.61 Å². The van der Waals surface area contributed by atoms with Crippen LogP contribution in [-0.4, -0.2) is 38.2 Å². The number of benzene rings is 2. The van der Waals surface area contributed by atoms with Crippen LogP contribution in [0.2, 0.25) is 0 Å². The number of hydrogen-bond donors (Lipinski definition) is 1. The number of hydrogen-bond acceptors (Lipinski definition) is 6. The molecule has 0 saturated carbocycles. The molecule has 2 aliphatic rings. The minimum absolute atomic E-state index is 0.0642. The zero-order valence-corrected chi connectivity index (χ0v) is 16.1. The average molecular weight is 388 g/mol. The normalized spacial score (nSPS) is 18.3. The van der Waals surface area contributed by atoms with Crippen molar-refractivity contribution in [1.82, 2.24) is 5.32 Å². The maximum Gasteiger partial charge on any atom is 0.169 e. The number of nitrogens with one attached hydrogen (secondary N) is 1. The van der Waals surface area contributed by atoms with Crippen molar-refractivity contribution in [2.24, 2.45) is 0 Å². The fourth-order valence-electron chi connectivity index (χ4n) is 3.15. The Morgan fingerprint density at radius 2 is 2.00 bits per heavy atom. The van der Waals surface area contributed by atoms with Crippen LogP contribution in [0.3, 0.4) is 0 Å². The molecule has 0 saturated heterocycles. The summed E-state index contributed by atoms with van der Waals surface area (Å²) in [5.41, 5.74) is 1.23. The van der Waals surface area contributed by atoms with Gasteiger partial charge in [0.1, 0.15) is 12.7 Å². The van der Waals surface area contributed by atoms with Gasteiger partial charge in [-0.05, 0) is 61.4 Å². The van der Waals surface area contributed by atoms with Gasteiger partial charge in [-0.3, -0.25) is 0 Å². The molecular formula is C21H25NO4S. The molecular weight excluding hydrogens is 362 g/mol. The van der Waals surface area contributed by atoms with Crippen molar-refractivity contribution >= 4 is 11.8 Å². The van der Waals surface area contributed by atoms with Gasteiger partial charge in [-0.1, -0.05) is 18.2 Å². The Kier molecular flexibility index (Phi) is 6.40. The molecule has 0 aliphatic carbocycles. The molecule has 0 aromatic heterocycles. The molecule has 2 aromatic carbocycles. The number of para-hydroxylation sites is 2. The summed E-state index contributed by atoms with van der Waals surface area (Å²) in [6.45, 7) is 3.00. The summed E-state index contributed by atoms with van der Waals surface area (Å²) < 4.78 is 11.7. The summed E-state index contributed by atoms with van der Waals surface area (Å²) in [5, 5.41) is 3.47. The molecule has 6 heteroatoms. The number of rotatable bonds is 7. The predicted octanol–water partition coefficient (Wildman–Crippen LogP) is 3.86. The third-order valence-corrected chi connectivity index (χ3v) is 5.65. The summed E-state index contributed by atoms with van der Waals surface area (Å²) in [4.78, 5) is 11.8. The first-order chi connectivity index (χ1) is 13.4. The van der Waals surface area contributed by atoms with Crippen LogP contribution in [0.5, 0.6) is 17.2 Å². The molecule has 2 aliphatic heterocycles. The average Bonchev–Trinajstić information content (AvgIpc) is 2.95. The Morgan fingerprint density at radius 3 is 2.96 bits per heavy atom. The second-order valence-electron chi connectivity index (χ2n) is 6.68. The van der Waals surface area contributed by atoms with Gasteiger partial charge in [-0.25, -0.2) is 0 Å². The number of aryl methyl sites for hydroxylation is 1. The van der Waals surface area contributed by atoms with Crippen molar-refractivity contribution in [3.05, 3.63) is 48.0 Å². The van der Waals surface area contributed by atoms with E-state index in [4.69, 9.17) is 19.2 Å². The van der Waals surface area contributed by atoms with Gasteiger partial charge >= 0.3 is 0 Å². The van der Waals surface area contributed by atoms with E-state index >= 15 is 0 Å². The summed E-state index contributed by atoms with van der Waals surface area (Å²) in [5.74, 6) is 3.59. The minimum atomic E-state index is 0.0642. The summed E-state index contributed by atoms with van der Waals surface area (Å²) in [7, 11) is 0. The van der Waals surface area contributed by atoms with E-state index < -0.39 is 0 Å². The van der Waals surface area contributed by atoms with Gasteiger partial charge in [0, 0.05) is 11.4 Å². The van der Waals surface area contributed by atoms with Gasteiger partial charge in [0.25, 0.3) is 0 Å². The Balaban J connectivity index is 1.14. The van der Waals surface area contributed by atoms with Crippen molar-refractivity contribution in [3.63, 3.8) is 0 Å². The van der Waals surface area contributed by atoms with Gasteiger partial charge in [-0.15, -0.1) is 11.8 Å². The van der Waals surface area contributed by atoms with E-state index in [9.17, 15) is 0 Å². The van der Waals surface area contributed by atoms with Gasteiger partial charge in [-0.2, -0.15) is 4.89 Å². The van der Waals surface area contributed by atoms with E-state index in [2.05, 4.69) is 23.5 Å². The summed E-state index contributed by atoms with van der Waals surface area (Å²) in [6.07, 6.45) is 3.17. The molecule has 4 rings (SSSR count). The third-order valence-electron chi connectivity index (χ3n) is 4.57. The lowest BCUT2D eigenvalue weighted by molar-refractivity contribution is -0.203. The molecule has 0 bridgehead atoms. The van der Waals surface area contributed by atoms with Crippen LogP contribution in [0.15, 0.2) is 47.4 Å². The van der Waals surface area contributed by atoms with Crippen molar-refractivity contribution < 1.29 is 19.2 Å². The number of thioether (sulfide) groups is 1. The predicted molar refractivity (Wildman–Crippen MR) is 106 cm³/mol. The highest BCUT2D eigenvalue weighted by molar-refractivity contribution is 7.99. The maximum atomic E-state index is 5.95.